The average Bonchev–Trinajstić information content (AvgIpc) is 2.36. The summed E-state index contributed by atoms with van der Waals surface area (Å²) in [6, 6.07) is 1.97. The Hall–Kier alpha value is -0.170. The van der Waals surface area contributed by atoms with E-state index in [0.29, 0.717) is 0 Å². The predicted molar refractivity (Wildman–Crippen MR) is 54.3 cm³/mol. The maximum absolute atomic E-state index is 4.23. The van der Waals surface area contributed by atoms with E-state index in [1.165, 1.54) is 0 Å². The maximum atomic E-state index is 4.23. The lowest BCUT2D eigenvalue weighted by Crippen LogP contribution is -1.83. The summed E-state index contributed by atoms with van der Waals surface area (Å²) in [6.45, 7) is 0. The van der Waals surface area contributed by atoms with Crippen LogP contribution in [0, 0.1) is 3.70 Å². The maximum Gasteiger partial charge on any atom is 0.178 e. The molecule has 0 bridgehead atoms. The molecule has 2 aromatic heterocycles. The standard InChI is InChI=1S/C6H3BrIN3/c7-3-1-4-6(10-2-9-4)11-5(3)8/h1-2H,(H,9,10,11). The fourth-order valence-electron chi connectivity index (χ4n) is 0.825. The number of aromatic nitrogens is 3. The lowest BCUT2D eigenvalue weighted by atomic mass is 10.4. The molecule has 0 radical (unpaired) electrons. The van der Waals surface area contributed by atoms with Gasteiger partial charge in [-0.3, -0.25) is 0 Å². The molecule has 2 heterocycles. The first-order chi connectivity index (χ1) is 5.27. The SMILES string of the molecule is Brc1cc2[nH]cnc2nc1I. The second kappa shape index (κ2) is 2.71. The van der Waals surface area contributed by atoms with Gasteiger partial charge in [0.2, 0.25) is 0 Å². The zero-order valence-corrected chi connectivity index (χ0v) is 9.05. The summed E-state index contributed by atoms with van der Waals surface area (Å²) in [5, 5.41) is 0. The molecular weight excluding hydrogens is 321 g/mol. The molecule has 0 aliphatic rings. The Morgan fingerprint density at radius 2 is 2.36 bits per heavy atom. The van der Waals surface area contributed by atoms with Gasteiger partial charge in [0.15, 0.2) is 5.65 Å². The van der Waals surface area contributed by atoms with Crippen molar-refractivity contribution in [3.05, 3.63) is 20.6 Å². The summed E-state index contributed by atoms with van der Waals surface area (Å²) in [5.74, 6) is 0. The zero-order chi connectivity index (χ0) is 7.84. The van der Waals surface area contributed by atoms with E-state index in [0.717, 1.165) is 19.3 Å². The van der Waals surface area contributed by atoms with Gasteiger partial charge in [0.05, 0.1) is 16.3 Å². The molecule has 56 valence electrons. The molecule has 2 aromatic rings. The van der Waals surface area contributed by atoms with Crippen LogP contribution in [0.3, 0.4) is 0 Å². The molecule has 0 aliphatic heterocycles. The van der Waals surface area contributed by atoms with E-state index in [1.54, 1.807) is 6.33 Å². The molecule has 1 N–H and O–H groups in total. The quantitative estimate of drug-likeness (QED) is 0.597. The highest BCUT2D eigenvalue weighted by Gasteiger charge is 2.01. The lowest BCUT2D eigenvalue weighted by molar-refractivity contribution is 1.26. The number of nitrogens with zero attached hydrogens (tertiary/aromatic N) is 2. The van der Waals surface area contributed by atoms with Gasteiger partial charge < -0.3 is 4.98 Å². The summed E-state index contributed by atoms with van der Waals surface area (Å²) in [7, 11) is 0. The number of hydrogen-bond acceptors (Lipinski definition) is 2. The first-order valence-electron chi connectivity index (χ1n) is 2.92. The van der Waals surface area contributed by atoms with Crippen LogP contribution in [0.4, 0.5) is 0 Å². The Morgan fingerprint density at radius 3 is 3.18 bits per heavy atom. The van der Waals surface area contributed by atoms with Gasteiger partial charge >= 0.3 is 0 Å². The number of aromatic amines is 1. The van der Waals surface area contributed by atoms with E-state index in [9.17, 15) is 0 Å². The molecule has 0 aromatic carbocycles. The molecule has 0 saturated heterocycles. The summed E-state index contributed by atoms with van der Waals surface area (Å²) in [4.78, 5) is 11.2. The van der Waals surface area contributed by atoms with Crippen LogP contribution in [-0.4, -0.2) is 15.0 Å². The van der Waals surface area contributed by atoms with E-state index < -0.39 is 0 Å². The van der Waals surface area contributed by atoms with Crippen molar-refractivity contribution in [1.29, 1.82) is 0 Å². The van der Waals surface area contributed by atoms with Crippen LogP contribution in [0.25, 0.3) is 11.2 Å². The minimum Gasteiger partial charge on any atom is -0.343 e. The van der Waals surface area contributed by atoms with E-state index in [-0.39, 0.29) is 0 Å². The smallest absolute Gasteiger partial charge is 0.178 e. The number of H-pyrrole nitrogens is 1. The van der Waals surface area contributed by atoms with Crippen LogP contribution < -0.4 is 0 Å². The van der Waals surface area contributed by atoms with Crippen LogP contribution in [-0.2, 0) is 0 Å². The molecule has 11 heavy (non-hydrogen) atoms. The Bertz CT molecular complexity index is 362. The molecule has 5 heteroatoms. The molecule has 0 saturated carbocycles. The molecular formula is C6H3BrIN3. The third-order valence-corrected chi connectivity index (χ3v) is 3.49. The Balaban J connectivity index is 2.86. The number of halogens is 2. The number of hydrogen-bond donors (Lipinski definition) is 1. The van der Waals surface area contributed by atoms with Crippen LogP contribution in [0.2, 0.25) is 0 Å². The highest BCUT2D eigenvalue weighted by atomic mass is 127. The number of pyridine rings is 1. The second-order valence-corrected chi connectivity index (χ2v) is 3.91. The second-order valence-electron chi connectivity index (χ2n) is 2.03. The molecule has 0 fully saturated rings. The van der Waals surface area contributed by atoms with E-state index in [4.69, 9.17) is 0 Å². The normalized spacial score (nSPS) is 10.7. The fourth-order valence-corrected chi connectivity index (χ4v) is 1.53. The number of imidazole rings is 1. The van der Waals surface area contributed by atoms with E-state index in [1.807, 2.05) is 6.07 Å². The molecule has 0 aliphatic carbocycles. The highest BCUT2D eigenvalue weighted by molar-refractivity contribution is 14.1. The largest absolute Gasteiger partial charge is 0.343 e. The topological polar surface area (TPSA) is 41.6 Å². The third-order valence-electron chi connectivity index (χ3n) is 1.32. The van der Waals surface area contributed by atoms with Crippen LogP contribution in [0.5, 0.6) is 0 Å². The van der Waals surface area contributed by atoms with Crippen molar-refractivity contribution in [3.63, 3.8) is 0 Å². The first-order valence-corrected chi connectivity index (χ1v) is 4.79. The van der Waals surface area contributed by atoms with E-state index >= 15 is 0 Å². The molecule has 0 unspecified atom stereocenters. The van der Waals surface area contributed by atoms with Crippen molar-refractivity contribution >= 4 is 49.7 Å². The van der Waals surface area contributed by atoms with Crippen molar-refractivity contribution in [2.24, 2.45) is 0 Å². The Morgan fingerprint density at radius 1 is 1.55 bits per heavy atom. The third kappa shape index (κ3) is 1.26. The van der Waals surface area contributed by atoms with Crippen LogP contribution in [0.15, 0.2) is 16.9 Å². The van der Waals surface area contributed by atoms with Crippen molar-refractivity contribution in [1.82, 2.24) is 15.0 Å². The molecule has 0 amide bonds. The minimum atomic E-state index is 0.762. The van der Waals surface area contributed by atoms with Crippen molar-refractivity contribution in [3.8, 4) is 0 Å². The van der Waals surface area contributed by atoms with Gasteiger partial charge in [-0.25, -0.2) is 9.97 Å². The summed E-state index contributed by atoms with van der Waals surface area (Å²) < 4.78 is 1.93. The number of fused-ring (bicyclic) bond motifs is 1. The van der Waals surface area contributed by atoms with Gasteiger partial charge in [0.1, 0.15) is 3.70 Å². The lowest BCUT2D eigenvalue weighted by Gasteiger charge is -1.92. The Labute approximate surface area is 84.9 Å². The minimum absolute atomic E-state index is 0.762. The zero-order valence-electron chi connectivity index (χ0n) is 5.31. The van der Waals surface area contributed by atoms with Gasteiger partial charge in [-0.2, -0.15) is 0 Å². The summed E-state index contributed by atoms with van der Waals surface area (Å²) in [5.41, 5.74) is 1.72. The van der Waals surface area contributed by atoms with Crippen LogP contribution >= 0.6 is 38.5 Å². The van der Waals surface area contributed by atoms with Gasteiger partial charge in [-0.15, -0.1) is 0 Å². The van der Waals surface area contributed by atoms with Gasteiger partial charge in [0, 0.05) is 0 Å². The predicted octanol–water partition coefficient (Wildman–Crippen LogP) is 2.32. The fraction of sp³-hybridized carbons (Fsp3) is 0. The van der Waals surface area contributed by atoms with Gasteiger partial charge in [-0.05, 0) is 44.6 Å². The van der Waals surface area contributed by atoms with E-state index in [2.05, 4.69) is 53.5 Å². The number of nitrogens with one attached hydrogen (secondary N) is 1. The summed E-state index contributed by atoms with van der Waals surface area (Å²) >= 11 is 5.54. The summed E-state index contributed by atoms with van der Waals surface area (Å²) in [6.07, 6.45) is 1.64. The average molecular weight is 324 g/mol. The Kier molecular flexibility index (Phi) is 1.84. The monoisotopic (exact) mass is 323 g/mol. The molecule has 0 spiro atoms. The molecule has 3 nitrogen and oxygen atoms in total. The number of rotatable bonds is 0. The highest BCUT2D eigenvalue weighted by Crippen LogP contribution is 2.20. The van der Waals surface area contributed by atoms with Crippen molar-refractivity contribution < 1.29 is 0 Å². The first kappa shape index (κ1) is 7.48. The van der Waals surface area contributed by atoms with Crippen molar-refractivity contribution in [2.75, 3.05) is 0 Å². The van der Waals surface area contributed by atoms with Crippen LogP contribution in [0.1, 0.15) is 0 Å². The molecule has 2 rings (SSSR count). The molecule has 0 atom stereocenters. The van der Waals surface area contributed by atoms with Crippen molar-refractivity contribution in [2.45, 2.75) is 0 Å². The van der Waals surface area contributed by atoms with Gasteiger partial charge in [-0.1, -0.05) is 0 Å². The van der Waals surface area contributed by atoms with Gasteiger partial charge in [0.25, 0.3) is 0 Å².